The molecule has 4 rings (SSSR count). The van der Waals surface area contributed by atoms with Crippen LogP contribution in [0.3, 0.4) is 0 Å². The Kier molecular flexibility index (Phi) is 6.83. The van der Waals surface area contributed by atoms with Gasteiger partial charge in [-0.25, -0.2) is 4.79 Å². The van der Waals surface area contributed by atoms with Gasteiger partial charge in [-0.2, -0.15) is 0 Å². The van der Waals surface area contributed by atoms with Crippen LogP contribution in [0, 0.1) is 0 Å². The van der Waals surface area contributed by atoms with Crippen LogP contribution in [-0.2, 0) is 9.53 Å². The minimum atomic E-state index is -0.600. The molecule has 0 aliphatic carbocycles. The van der Waals surface area contributed by atoms with E-state index in [-0.39, 0.29) is 6.10 Å². The predicted molar refractivity (Wildman–Crippen MR) is 132 cm³/mol. The van der Waals surface area contributed by atoms with Gasteiger partial charge in [-0.05, 0) is 51.2 Å². The highest BCUT2D eigenvalue weighted by Gasteiger charge is 2.37. The highest BCUT2D eigenvalue weighted by atomic mass is 32.1. The maximum atomic E-state index is 13.1. The molecule has 0 saturated carbocycles. The Labute approximate surface area is 204 Å². The molecular weight excluding hydrogens is 456 g/mol. The van der Waals surface area contributed by atoms with Gasteiger partial charge < -0.3 is 29.0 Å². The zero-order valence-electron chi connectivity index (χ0n) is 19.8. The number of methoxy groups -OCH3 is 2. The maximum Gasteiger partial charge on any atom is 0.337 e. The summed E-state index contributed by atoms with van der Waals surface area (Å²) in [4.78, 5) is 14.8. The standard InChI is InChI=1S/C25H28N2O6S/c1-14(2)33-23-17(7-6-8-19(23)29-4)22-21(24(28)30-5)15(3)27(25(34)26-22)16-9-10-18-20(13-16)32-12-11-31-18/h6-10,13-14,22H,11-12H2,1-5H3,(H,26,34)/t22-/m0/s1. The molecule has 2 aliphatic rings. The van der Waals surface area contributed by atoms with Crippen molar-refractivity contribution in [3.8, 4) is 23.0 Å². The minimum absolute atomic E-state index is 0.105. The minimum Gasteiger partial charge on any atom is -0.493 e. The third kappa shape index (κ3) is 4.35. The molecule has 180 valence electrons. The van der Waals surface area contributed by atoms with Crippen LogP contribution in [0.25, 0.3) is 0 Å². The third-order valence-electron chi connectivity index (χ3n) is 5.57. The largest absolute Gasteiger partial charge is 0.493 e. The van der Waals surface area contributed by atoms with Gasteiger partial charge in [-0.3, -0.25) is 4.90 Å². The molecule has 0 amide bonds. The summed E-state index contributed by atoms with van der Waals surface area (Å²) in [5, 5.41) is 3.73. The zero-order chi connectivity index (χ0) is 24.4. The van der Waals surface area contributed by atoms with Crippen molar-refractivity contribution in [1.82, 2.24) is 5.32 Å². The van der Waals surface area contributed by atoms with Crippen LogP contribution in [0.15, 0.2) is 47.7 Å². The summed E-state index contributed by atoms with van der Waals surface area (Å²) in [5.74, 6) is 1.93. The van der Waals surface area contributed by atoms with E-state index in [0.29, 0.717) is 52.6 Å². The van der Waals surface area contributed by atoms with E-state index in [2.05, 4.69) is 5.32 Å². The molecule has 9 heteroatoms. The normalized spacial score (nSPS) is 17.4. The monoisotopic (exact) mass is 484 g/mol. The summed E-state index contributed by atoms with van der Waals surface area (Å²) in [6.07, 6.45) is -0.105. The third-order valence-corrected chi connectivity index (χ3v) is 5.87. The van der Waals surface area contributed by atoms with E-state index in [1.54, 1.807) is 12.0 Å². The number of ether oxygens (including phenoxy) is 5. The van der Waals surface area contributed by atoms with E-state index in [0.717, 1.165) is 11.3 Å². The molecule has 34 heavy (non-hydrogen) atoms. The predicted octanol–water partition coefficient (Wildman–Crippen LogP) is 4.14. The van der Waals surface area contributed by atoms with Gasteiger partial charge in [0.15, 0.2) is 28.1 Å². The van der Waals surface area contributed by atoms with E-state index in [9.17, 15) is 4.79 Å². The quantitative estimate of drug-likeness (QED) is 0.481. The molecule has 2 heterocycles. The Balaban J connectivity index is 1.84. The molecule has 0 aromatic heterocycles. The first-order valence-electron chi connectivity index (χ1n) is 11.0. The van der Waals surface area contributed by atoms with Crippen LogP contribution in [0.2, 0.25) is 0 Å². The molecule has 0 fully saturated rings. The van der Waals surface area contributed by atoms with Crippen molar-refractivity contribution in [3.05, 3.63) is 53.2 Å². The van der Waals surface area contributed by atoms with Crippen LogP contribution in [0.1, 0.15) is 32.4 Å². The fraction of sp³-hybridized carbons (Fsp3) is 0.360. The van der Waals surface area contributed by atoms with Crippen molar-refractivity contribution in [3.63, 3.8) is 0 Å². The van der Waals surface area contributed by atoms with Gasteiger partial charge in [0.2, 0.25) is 0 Å². The number of anilines is 1. The Bertz CT molecular complexity index is 1150. The molecule has 8 nitrogen and oxygen atoms in total. The lowest BCUT2D eigenvalue weighted by Crippen LogP contribution is -2.48. The lowest BCUT2D eigenvalue weighted by Gasteiger charge is -2.38. The summed E-state index contributed by atoms with van der Waals surface area (Å²) in [6, 6.07) is 10.5. The first-order chi connectivity index (χ1) is 16.3. The number of nitrogens with zero attached hydrogens (tertiary/aromatic N) is 1. The number of para-hydroxylation sites is 1. The average molecular weight is 485 g/mol. The molecule has 1 atom stereocenters. The molecule has 0 unspecified atom stereocenters. The summed E-state index contributed by atoms with van der Waals surface area (Å²) in [5.41, 5.74) is 2.50. The Morgan fingerprint density at radius 3 is 2.56 bits per heavy atom. The summed E-state index contributed by atoms with van der Waals surface area (Å²) >= 11 is 5.77. The van der Waals surface area contributed by atoms with Crippen molar-refractivity contribution in [2.75, 3.05) is 32.3 Å². The first kappa shape index (κ1) is 23.7. The van der Waals surface area contributed by atoms with Crippen molar-refractivity contribution in [2.45, 2.75) is 32.9 Å². The smallest absolute Gasteiger partial charge is 0.337 e. The SMILES string of the molecule is COC(=O)C1=C(C)N(c2ccc3c(c2)OCCO3)C(=S)N[C@H]1c1cccc(OC)c1OC(C)C. The van der Waals surface area contributed by atoms with Gasteiger partial charge in [0.1, 0.15) is 13.2 Å². The lowest BCUT2D eigenvalue weighted by atomic mass is 9.93. The first-order valence-corrected chi connectivity index (χ1v) is 11.4. The molecule has 0 radical (unpaired) electrons. The van der Waals surface area contributed by atoms with E-state index in [4.69, 9.17) is 35.9 Å². The number of carbonyl (C=O) groups excluding carboxylic acids is 1. The van der Waals surface area contributed by atoms with Gasteiger partial charge in [0, 0.05) is 17.3 Å². The molecule has 0 bridgehead atoms. The molecule has 2 aliphatic heterocycles. The van der Waals surface area contributed by atoms with E-state index in [1.165, 1.54) is 7.11 Å². The lowest BCUT2D eigenvalue weighted by molar-refractivity contribution is -0.136. The number of thiocarbonyl (C=S) groups is 1. The zero-order valence-corrected chi connectivity index (χ0v) is 20.7. The molecule has 2 aromatic carbocycles. The van der Waals surface area contributed by atoms with Crippen LogP contribution < -0.4 is 29.2 Å². The number of carbonyl (C=O) groups is 1. The number of nitrogens with one attached hydrogen (secondary N) is 1. The Hall–Kier alpha value is -3.46. The molecule has 0 spiro atoms. The van der Waals surface area contributed by atoms with Crippen LogP contribution >= 0.6 is 12.2 Å². The number of esters is 1. The van der Waals surface area contributed by atoms with Crippen molar-refractivity contribution < 1.29 is 28.5 Å². The van der Waals surface area contributed by atoms with E-state index < -0.39 is 12.0 Å². The van der Waals surface area contributed by atoms with E-state index in [1.807, 2.05) is 57.2 Å². The topological polar surface area (TPSA) is 78.5 Å². The van der Waals surface area contributed by atoms with Crippen LogP contribution in [0.4, 0.5) is 5.69 Å². The van der Waals surface area contributed by atoms with Gasteiger partial charge >= 0.3 is 5.97 Å². The van der Waals surface area contributed by atoms with Gasteiger partial charge in [0.25, 0.3) is 0 Å². The average Bonchev–Trinajstić information content (AvgIpc) is 2.83. The second kappa shape index (κ2) is 9.80. The fourth-order valence-corrected chi connectivity index (χ4v) is 4.48. The van der Waals surface area contributed by atoms with Gasteiger partial charge in [-0.1, -0.05) is 12.1 Å². The number of fused-ring (bicyclic) bond motifs is 1. The second-order valence-electron chi connectivity index (χ2n) is 8.08. The van der Waals surface area contributed by atoms with E-state index >= 15 is 0 Å². The highest BCUT2D eigenvalue weighted by molar-refractivity contribution is 7.80. The second-order valence-corrected chi connectivity index (χ2v) is 8.47. The van der Waals surface area contributed by atoms with Gasteiger partial charge in [0.05, 0.1) is 37.6 Å². The number of rotatable bonds is 6. The number of hydrogen-bond donors (Lipinski definition) is 1. The molecule has 0 saturated heterocycles. The number of benzene rings is 2. The highest BCUT2D eigenvalue weighted by Crippen LogP contribution is 2.43. The Morgan fingerprint density at radius 2 is 1.88 bits per heavy atom. The summed E-state index contributed by atoms with van der Waals surface area (Å²) < 4.78 is 28.2. The van der Waals surface area contributed by atoms with Crippen molar-refractivity contribution in [1.29, 1.82) is 0 Å². The Morgan fingerprint density at radius 1 is 1.15 bits per heavy atom. The van der Waals surface area contributed by atoms with Crippen molar-refractivity contribution in [2.24, 2.45) is 0 Å². The molecule has 2 aromatic rings. The van der Waals surface area contributed by atoms with Crippen molar-refractivity contribution >= 4 is 29.0 Å². The van der Waals surface area contributed by atoms with Crippen LogP contribution in [-0.4, -0.2) is 44.6 Å². The number of allylic oxidation sites excluding steroid dienone is 1. The van der Waals surface area contributed by atoms with Gasteiger partial charge in [-0.15, -0.1) is 0 Å². The van der Waals surface area contributed by atoms with Crippen LogP contribution in [0.5, 0.6) is 23.0 Å². The summed E-state index contributed by atoms with van der Waals surface area (Å²) in [6.45, 7) is 6.68. The maximum absolute atomic E-state index is 13.1. The fourth-order valence-electron chi connectivity index (χ4n) is 4.12. The molecule has 1 N–H and O–H groups in total. The number of hydrogen-bond acceptors (Lipinski definition) is 7. The summed E-state index contributed by atoms with van der Waals surface area (Å²) in [7, 11) is 2.94. The molecular formula is C25H28N2O6S.